The fourth-order valence-electron chi connectivity index (χ4n) is 2.26. The summed E-state index contributed by atoms with van der Waals surface area (Å²) in [5, 5.41) is 9.16. The van der Waals surface area contributed by atoms with Crippen LogP contribution in [0, 0.1) is 5.92 Å². The van der Waals surface area contributed by atoms with E-state index in [1.807, 2.05) is 12.1 Å². The van der Waals surface area contributed by atoms with Crippen LogP contribution >= 0.6 is 0 Å². The molecule has 0 saturated carbocycles. The number of pyridine rings is 1. The number of nitrogens with two attached hydrogens (primary N) is 1. The van der Waals surface area contributed by atoms with E-state index >= 15 is 0 Å². The van der Waals surface area contributed by atoms with Crippen LogP contribution in [0.4, 0.5) is 5.82 Å². The molecule has 1 unspecified atom stereocenters. The first-order valence-electron chi connectivity index (χ1n) is 5.82. The Balaban J connectivity index is 1.94. The molecule has 88 valence electrons. The normalized spacial score (nSPS) is 22.2. The summed E-state index contributed by atoms with van der Waals surface area (Å²) in [6, 6.07) is 5.74. The lowest BCUT2D eigenvalue weighted by molar-refractivity contribution is 0.115. The van der Waals surface area contributed by atoms with E-state index in [0.717, 1.165) is 38.2 Å². The van der Waals surface area contributed by atoms with E-state index in [1.54, 1.807) is 6.07 Å². The minimum absolute atomic E-state index is 0.293. The Morgan fingerprint density at radius 1 is 1.50 bits per heavy atom. The number of nitrogen functional groups attached to an aromatic ring is 1. The Hall–Kier alpha value is -1.13. The molecule has 2 heterocycles. The fraction of sp³-hybridized carbons (Fsp3) is 0.583. The van der Waals surface area contributed by atoms with Gasteiger partial charge in [0.2, 0.25) is 0 Å². The van der Waals surface area contributed by atoms with Crippen LogP contribution in [0.1, 0.15) is 18.5 Å². The number of likely N-dealkylation sites (tertiary alicyclic amines) is 1. The van der Waals surface area contributed by atoms with Crippen molar-refractivity contribution in [1.29, 1.82) is 0 Å². The Morgan fingerprint density at radius 2 is 2.38 bits per heavy atom. The Labute approximate surface area is 96.1 Å². The number of hydrogen-bond acceptors (Lipinski definition) is 4. The average molecular weight is 221 g/mol. The van der Waals surface area contributed by atoms with Crippen LogP contribution in [-0.2, 0) is 6.54 Å². The van der Waals surface area contributed by atoms with Crippen molar-refractivity contribution >= 4 is 5.82 Å². The first kappa shape index (κ1) is 11.4. The third-order valence-corrected chi connectivity index (χ3v) is 3.08. The number of aromatic nitrogens is 1. The lowest BCUT2D eigenvalue weighted by Gasteiger charge is -2.31. The van der Waals surface area contributed by atoms with Crippen LogP contribution in [0.25, 0.3) is 0 Å². The molecule has 0 aromatic carbocycles. The highest BCUT2D eigenvalue weighted by atomic mass is 16.3. The maximum atomic E-state index is 9.16. The first-order valence-corrected chi connectivity index (χ1v) is 5.82. The van der Waals surface area contributed by atoms with Crippen LogP contribution in [-0.4, -0.2) is 34.7 Å². The topological polar surface area (TPSA) is 62.4 Å². The molecule has 3 N–H and O–H groups in total. The van der Waals surface area contributed by atoms with Crippen LogP contribution in [0.2, 0.25) is 0 Å². The van der Waals surface area contributed by atoms with Gasteiger partial charge in [0, 0.05) is 19.7 Å². The van der Waals surface area contributed by atoms with Gasteiger partial charge in [0.15, 0.2) is 0 Å². The molecule has 1 fully saturated rings. The highest BCUT2D eigenvalue weighted by Crippen LogP contribution is 2.17. The molecule has 1 aliphatic heterocycles. The molecule has 0 bridgehead atoms. The Bertz CT molecular complexity index is 343. The largest absolute Gasteiger partial charge is 0.396 e. The van der Waals surface area contributed by atoms with Crippen molar-refractivity contribution in [3.05, 3.63) is 23.9 Å². The second-order valence-corrected chi connectivity index (χ2v) is 4.48. The van der Waals surface area contributed by atoms with E-state index < -0.39 is 0 Å². The smallest absolute Gasteiger partial charge is 0.123 e. The van der Waals surface area contributed by atoms with Gasteiger partial charge in [0.05, 0.1) is 5.69 Å². The van der Waals surface area contributed by atoms with Crippen molar-refractivity contribution < 1.29 is 5.11 Å². The molecule has 1 aromatic rings. The number of aliphatic hydroxyl groups excluding tert-OH is 1. The molecule has 2 rings (SSSR count). The van der Waals surface area contributed by atoms with E-state index in [4.69, 9.17) is 10.8 Å². The van der Waals surface area contributed by atoms with Gasteiger partial charge in [-0.3, -0.25) is 4.90 Å². The highest BCUT2D eigenvalue weighted by Gasteiger charge is 2.19. The molecule has 1 aromatic heterocycles. The molecule has 1 saturated heterocycles. The van der Waals surface area contributed by atoms with Crippen LogP contribution in [0.5, 0.6) is 0 Å². The van der Waals surface area contributed by atoms with Crippen molar-refractivity contribution in [2.75, 3.05) is 25.4 Å². The van der Waals surface area contributed by atoms with Crippen molar-refractivity contribution in [1.82, 2.24) is 9.88 Å². The average Bonchev–Trinajstić information content (AvgIpc) is 2.29. The summed E-state index contributed by atoms with van der Waals surface area (Å²) in [5.41, 5.74) is 6.66. The standard InChI is InChI=1S/C12H19N3O/c13-12-5-1-4-11(14-12)8-15-6-2-3-10(7-15)9-16/h1,4-5,10,16H,2-3,6-9H2,(H2,13,14). The van der Waals surface area contributed by atoms with Gasteiger partial charge in [0.1, 0.15) is 5.82 Å². The number of piperidine rings is 1. The molecule has 16 heavy (non-hydrogen) atoms. The Morgan fingerprint density at radius 3 is 3.12 bits per heavy atom. The quantitative estimate of drug-likeness (QED) is 0.795. The number of nitrogens with zero attached hydrogens (tertiary/aromatic N) is 2. The summed E-state index contributed by atoms with van der Waals surface area (Å²) in [4.78, 5) is 6.63. The molecule has 1 aliphatic rings. The molecule has 4 heteroatoms. The molecule has 0 aliphatic carbocycles. The SMILES string of the molecule is Nc1cccc(CN2CCCC(CO)C2)n1. The minimum Gasteiger partial charge on any atom is -0.396 e. The maximum Gasteiger partial charge on any atom is 0.123 e. The van der Waals surface area contributed by atoms with Crippen LogP contribution < -0.4 is 5.73 Å². The van der Waals surface area contributed by atoms with Crippen molar-refractivity contribution in [3.63, 3.8) is 0 Å². The minimum atomic E-state index is 0.293. The van der Waals surface area contributed by atoms with Crippen molar-refractivity contribution in [3.8, 4) is 0 Å². The summed E-state index contributed by atoms with van der Waals surface area (Å²) in [6.45, 7) is 3.18. The predicted molar refractivity (Wildman–Crippen MR) is 63.7 cm³/mol. The molecular formula is C12H19N3O. The second-order valence-electron chi connectivity index (χ2n) is 4.48. The zero-order chi connectivity index (χ0) is 11.4. The van der Waals surface area contributed by atoms with E-state index in [0.29, 0.717) is 18.3 Å². The van der Waals surface area contributed by atoms with Crippen LogP contribution in [0.3, 0.4) is 0 Å². The van der Waals surface area contributed by atoms with Crippen LogP contribution in [0.15, 0.2) is 18.2 Å². The molecule has 0 radical (unpaired) electrons. The fourth-order valence-corrected chi connectivity index (χ4v) is 2.26. The third kappa shape index (κ3) is 2.93. The van der Waals surface area contributed by atoms with Gasteiger partial charge in [-0.1, -0.05) is 6.07 Å². The zero-order valence-corrected chi connectivity index (χ0v) is 9.47. The van der Waals surface area contributed by atoms with Gasteiger partial charge < -0.3 is 10.8 Å². The summed E-state index contributed by atoms with van der Waals surface area (Å²) < 4.78 is 0. The van der Waals surface area contributed by atoms with Gasteiger partial charge in [0.25, 0.3) is 0 Å². The summed E-state index contributed by atoms with van der Waals surface area (Å²) in [7, 11) is 0. The summed E-state index contributed by atoms with van der Waals surface area (Å²) in [5.74, 6) is 1.00. The van der Waals surface area contributed by atoms with E-state index in [1.165, 1.54) is 0 Å². The second kappa shape index (κ2) is 5.27. The third-order valence-electron chi connectivity index (χ3n) is 3.08. The van der Waals surface area contributed by atoms with E-state index in [-0.39, 0.29) is 0 Å². The molecule has 0 spiro atoms. The first-order chi connectivity index (χ1) is 7.78. The molecular weight excluding hydrogens is 202 g/mol. The van der Waals surface area contributed by atoms with E-state index in [9.17, 15) is 0 Å². The summed E-state index contributed by atoms with van der Waals surface area (Å²) >= 11 is 0. The number of anilines is 1. The lowest BCUT2D eigenvalue weighted by Crippen LogP contribution is -2.36. The molecule has 0 amide bonds. The maximum absolute atomic E-state index is 9.16. The Kier molecular flexibility index (Phi) is 3.74. The number of rotatable bonds is 3. The van der Waals surface area contributed by atoms with Crippen molar-refractivity contribution in [2.24, 2.45) is 5.92 Å². The highest BCUT2D eigenvalue weighted by molar-refractivity contribution is 5.28. The number of hydrogen-bond donors (Lipinski definition) is 2. The monoisotopic (exact) mass is 221 g/mol. The number of aliphatic hydroxyl groups is 1. The predicted octanol–water partition coefficient (Wildman–Crippen LogP) is 0.868. The van der Waals surface area contributed by atoms with Gasteiger partial charge in [-0.2, -0.15) is 0 Å². The van der Waals surface area contributed by atoms with Gasteiger partial charge in [-0.05, 0) is 37.4 Å². The summed E-state index contributed by atoms with van der Waals surface area (Å²) in [6.07, 6.45) is 2.30. The molecule has 1 atom stereocenters. The molecule has 4 nitrogen and oxygen atoms in total. The van der Waals surface area contributed by atoms with Gasteiger partial charge in [-0.15, -0.1) is 0 Å². The lowest BCUT2D eigenvalue weighted by atomic mass is 9.99. The zero-order valence-electron chi connectivity index (χ0n) is 9.47. The van der Waals surface area contributed by atoms with Crippen molar-refractivity contribution in [2.45, 2.75) is 19.4 Å². The van der Waals surface area contributed by atoms with Gasteiger partial charge in [-0.25, -0.2) is 4.98 Å². The van der Waals surface area contributed by atoms with E-state index in [2.05, 4.69) is 9.88 Å². The van der Waals surface area contributed by atoms with Gasteiger partial charge >= 0.3 is 0 Å².